The van der Waals surface area contributed by atoms with Gasteiger partial charge in [0.25, 0.3) is 0 Å². The number of hydrogen-bond donors (Lipinski definition) is 2. The Balaban J connectivity index is 2.20. The predicted octanol–water partition coefficient (Wildman–Crippen LogP) is 0.342. The fraction of sp³-hybridized carbons (Fsp3) is 0.500. The average Bonchev–Trinajstić information content (AvgIpc) is 2.59. The number of sulfonamides is 1. The van der Waals surface area contributed by atoms with Crippen LogP contribution in [0, 0.1) is 24.2 Å². The van der Waals surface area contributed by atoms with Crippen molar-refractivity contribution in [2.24, 2.45) is 11.7 Å². The molecule has 1 atom stereocenters. The molecule has 1 aromatic rings. The lowest BCUT2D eigenvalue weighted by Crippen LogP contribution is -2.46. The number of nitrogens with one attached hydrogen (secondary N) is 1. The average molecular weight is 350 g/mol. The first-order valence-electron chi connectivity index (χ1n) is 7.89. The van der Waals surface area contributed by atoms with Gasteiger partial charge in [0.05, 0.1) is 22.4 Å². The molecule has 0 spiro atoms. The second-order valence-electron chi connectivity index (χ2n) is 5.87. The third kappa shape index (κ3) is 3.93. The number of nitriles is 1. The summed E-state index contributed by atoms with van der Waals surface area (Å²) in [6, 6.07) is 6.51. The van der Waals surface area contributed by atoms with E-state index in [0.29, 0.717) is 43.6 Å². The predicted molar refractivity (Wildman–Crippen MR) is 89.4 cm³/mol. The van der Waals surface area contributed by atoms with Gasteiger partial charge in [-0.1, -0.05) is 0 Å². The molecule has 0 aromatic heterocycles. The molecule has 130 valence electrons. The molecule has 0 bridgehead atoms. The molecular formula is C16H22N4O3S. The number of hydrogen-bond acceptors (Lipinski definition) is 5. The summed E-state index contributed by atoms with van der Waals surface area (Å²) in [7, 11) is -3.69. The molecule has 0 aliphatic carbocycles. The highest BCUT2D eigenvalue weighted by molar-refractivity contribution is 7.89. The topological polar surface area (TPSA) is 116 Å². The Hall–Kier alpha value is -1.95. The van der Waals surface area contributed by atoms with Crippen LogP contribution in [0.15, 0.2) is 23.1 Å². The molecule has 1 amide bonds. The monoisotopic (exact) mass is 350 g/mol. The first-order valence-corrected chi connectivity index (χ1v) is 9.33. The van der Waals surface area contributed by atoms with E-state index in [2.05, 4.69) is 5.32 Å². The van der Waals surface area contributed by atoms with E-state index in [1.807, 2.05) is 6.07 Å². The summed E-state index contributed by atoms with van der Waals surface area (Å²) in [5.74, 6) is -0.518. The van der Waals surface area contributed by atoms with E-state index in [9.17, 15) is 13.2 Å². The zero-order chi connectivity index (χ0) is 17.7. The van der Waals surface area contributed by atoms with Crippen molar-refractivity contribution in [3.05, 3.63) is 29.3 Å². The van der Waals surface area contributed by atoms with E-state index < -0.39 is 10.0 Å². The Bertz CT molecular complexity index is 755. The normalized spacial score (nSPS) is 18.8. The Labute approximate surface area is 142 Å². The Morgan fingerprint density at radius 3 is 2.88 bits per heavy atom. The van der Waals surface area contributed by atoms with E-state index in [0.717, 1.165) is 0 Å². The second kappa shape index (κ2) is 7.75. The second-order valence-corrected chi connectivity index (χ2v) is 7.78. The van der Waals surface area contributed by atoms with Crippen molar-refractivity contribution in [2.75, 3.05) is 26.2 Å². The van der Waals surface area contributed by atoms with E-state index >= 15 is 0 Å². The van der Waals surface area contributed by atoms with Crippen molar-refractivity contribution >= 4 is 15.9 Å². The fourth-order valence-corrected chi connectivity index (χ4v) is 4.59. The summed E-state index contributed by atoms with van der Waals surface area (Å²) in [5, 5.41) is 11.6. The van der Waals surface area contributed by atoms with Crippen molar-refractivity contribution in [3.8, 4) is 6.07 Å². The molecule has 1 aliphatic rings. The van der Waals surface area contributed by atoms with Crippen LogP contribution in [0.25, 0.3) is 0 Å². The quantitative estimate of drug-likeness (QED) is 0.794. The maximum absolute atomic E-state index is 12.9. The van der Waals surface area contributed by atoms with Gasteiger partial charge in [-0.3, -0.25) is 4.79 Å². The van der Waals surface area contributed by atoms with Gasteiger partial charge in [-0.25, -0.2) is 8.42 Å². The Morgan fingerprint density at radius 2 is 2.25 bits per heavy atom. The molecular weight excluding hydrogens is 328 g/mol. The molecule has 0 saturated carbocycles. The molecule has 24 heavy (non-hydrogen) atoms. The molecule has 1 aliphatic heterocycles. The van der Waals surface area contributed by atoms with Gasteiger partial charge in [0.1, 0.15) is 0 Å². The number of carbonyl (C=O) groups is 1. The van der Waals surface area contributed by atoms with Crippen LogP contribution >= 0.6 is 0 Å². The smallest absolute Gasteiger partial charge is 0.243 e. The Morgan fingerprint density at radius 1 is 1.50 bits per heavy atom. The molecule has 1 heterocycles. The minimum Gasteiger partial charge on any atom is -0.355 e. The lowest BCUT2D eigenvalue weighted by atomic mass is 9.99. The van der Waals surface area contributed by atoms with Crippen LogP contribution in [-0.2, 0) is 14.8 Å². The number of benzene rings is 1. The van der Waals surface area contributed by atoms with Gasteiger partial charge in [-0.2, -0.15) is 9.57 Å². The summed E-state index contributed by atoms with van der Waals surface area (Å²) in [5.41, 5.74) is 6.33. The minimum absolute atomic E-state index is 0.156. The number of carbonyl (C=O) groups excluding carboxylic acids is 1. The lowest BCUT2D eigenvalue weighted by molar-refractivity contribution is -0.126. The zero-order valence-electron chi connectivity index (χ0n) is 13.7. The van der Waals surface area contributed by atoms with Crippen molar-refractivity contribution in [2.45, 2.75) is 24.7 Å². The van der Waals surface area contributed by atoms with E-state index in [1.54, 1.807) is 13.0 Å². The van der Waals surface area contributed by atoms with Gasteiger partial charge in [0, 0.05) is 26.2 Å². The number of nitrogens with two attached hydrogens (primary N) is 1. The van der Waals surface area contributed by atoms with Gasteiger partial charge in [0.2, 0.25) is 15.9 Å². The third-order valence-corrected chi connectivity index (χ3v) is 6.15. The summed E-state index contributed by atoms with van der Waals surface area (Å²) in [6.07, 6.45) is 1.30. The van der Waals surface area contributed by atoms with Crippen LogP contribution in [0.3, 0.4) is 0 Å². The maximum atomic E-state index is 12.9. The summed E-state index contributed by atoms with van der Waals surface area (Å²) in [4.78, 5) is 12.3. The van der Waals surface area contributed by atoms with Crippen LogP contribution in [0.5, 0.6) is 0 Å². The number of aryl methyl sites for hydroxylation is 1. The maximum Gasteiger partial charge on any atom is 0.243 e. The molecule has 7 nitrogen and oxygen atoms in total. The van der Waals surface area contributed by atoms with Crippen molar-refractivity contribution < 1.29 is 13.2 Å². The van der Waals surface area contributed by atoms with Gasteiger partial charge in [-0.05, 0) is 43.5 Å². The molecule has 3 N–H and O–H groups in total. The molecule has 0 radical (unpaired) electrons. The highest BCUT2D eigenvalue weighted by atomic mass is 32.2. The SMILES string of the molecule is Cc1cc(C#N)ccc1S(=O)(=O)N1CCCC(C(=O)NCCN)C1. The van der Waals surface area contributed by atoms with E-state index in [1.165, 1.54) is 16.4 Å². The van der Waals surface area contributed by atoms with Gasteiger partial charge < -0.3 is 11.1 Å². The molecule has 1 saturated heterocycles. The van der Waals surface area contributed by atoms with E-state index in [-0.39, 0.29) is 23.3 Å². The minimum atomic E-state index is -3.69. The van der Waals surface area contributed by atoms with Crippen molar-refractivity contribution in [3.63, 3.8) is 0 Å². The van der Waals surface area contributed by atoms with Crippen LogP contribution in [0.2, 0.25) is 0 Å². The molecule has 8 heteroatoms. The van der Waals surface area contributed by atoms with Crippen LogP contribution < -0.4 is 11.1 Å². The third-order valence-electron chi connectivity index (χ3n) is 4.12. The van der Waals surface area contributed by atoms with Crippen molar-refractivity contribution in [1.29, 1.82) is 5.26 Å². The number of amides is 1. The fourth-order valence-electron chi connectivity index (χ4n) is 2.86. The van der Waals surface area contributed by atoms with Gasteiger partial charge in [0.15, 0.2) is 0 Å². The van der Waals surface area contributed by atoms with Gasteiger partial charge >= 0.3 is 0 Å². The van der Waals surface area contributed by atoms with Crippen LogP contribution in [-0.4, -0.2) is 44.8 Å². The number of nitrogens with zero attached hydrogens (tertiary/aromatic N) is 2. The highest BCUT2D eigenvalue weighted by Gasteiger charge is 2.33. The van der Waals surface area contributed by atoms with Crippen molar-refractivity contribution in [1.82, 2.24) is 9.62 Å². The number of piperidine rings is 1. The summed E-state index contributed by atoms with van der Waals surface area (Å²) < 4.78 is 27.1. The highest BCUT2D eigenvalue weighted by Crippen LogP contribution is 2.26. The molecule has 2 rings (SSSR count). The molecule has 1 fully saturated rings. The molecule has 1 unspecified atom stereocenters. The van der Waals surface area contributed by atoms with Crippen LogP contribution in [0.1, 0.15) is 24.0 Å². The summed E-state index contributed by atoms with van der Waals surface area (Å²) in [6.45, 7) is 2.96. The largest absolute Gasteiger partial charge is 0.355 e. The lowest BCUT2D eigenvalue weighted by Gasteiger charge is -2.31. The van der Waals surface area contributed by atoms with Gasteiger partial charge in [-0.15, -0.1) is 0 Å². The standard InChI is InChI=1S/C16H22N4O3S/c1-12-9-13(10-18)4-5-15(12)24(22,23)20-8-2-3-14(11-20)16(21)19-7-6-17/h4-5,9,14H,2-3,6-8,11,17H2,1H3,(H,19,21). The zero-order valence-corrected chi connectivity index (χ0v) is 14.5. The Kier molecular flexibility index (Phi) is 5.94. The summed E-state index contributed by atoms with van der Waals surface area (Å²) >= 11 is 0. The van der Waals surface area contributed by atoms with E-state index in [4.69, 9.17) is 11.0 Å². The molecule has 1 aromatic carbocycles. The number of rotatable bonds is 5. The van der Waals surface area contributed by atoms with Crippen LogP contribution in [0.4, 0.5) is 0 Å². The first-order chi connectivity index (χ1) is 11.4. The first kappa shape index (κ1) is 18.4.